The third kappa shape index (κ3) is 6.38. The molecule has 25 heavy (non-hydrogen) atoms. The lowest BCUT2D eigenvalue weighted by Gasteiger charge is -2.13. The smallest absolute Gasteiger partial charge is 0.191 e. The molecule has 1 aromatic carbocycles. The van der Waals surface area contributed by atoms with E-state index in [2.05, 4.69) is 46.6 Å². The van der Waals surface area contributed by atoms with E-state index >= 15 is 0 Å². The van der Waals surface area contributed by atoms with Gasteiger partial charge in [0.1, 0.15) is 5.75 Å². The molecule has 0 saturated carbocycles. The second kappa shape index (κ2) is 9.42. The highest BCUT2D eigenvalue weighted by Crippen LogP contribution is 2.16. The number of nitrogens with one attached hydrogen (secondary N) is 2. The lowest BCUT2D eigenvalue weighted by atomic mass is 10.2. The van der Waals surface area contributed by atoms with Crippen LogP contribution in [-0.2, 0) is 13.1 Å². The van der Waals surface area contributed by atoms with Crippen molar-refractivity contribution in [3.8, 4) is 5.75 Å². The molecule has 0 radical (unpaired) electrons. The summed E-state index contributed by atoms with van der Waals surface area (Å²) >= 11 is 1.72. The van der Waals surface area contributed by atoms with E-state index in [1.807, 2.05) is 26.0 Å². The van der Waals surface area contributed by atoms with Crippen molar-refractivity contribution in [2.24, 2.45) is 10.9 Å². The summed E-state index contributed by atoms with van der Waals surface area (Å²) in [5.74, 6) is 2.20. The fourth-order valence-electron chi connectivity index (χ4n) is 2.32. The topological polar surface area (TPSA) is 58.5 Å². The van der Waals surface area contributed by atoms with Crippen molar-refractivity contribution in [3.05, 3.63) is 45.4 Å². The molecule has 0 spiro atoms. The van der Waals surface area contributed by atoms with Crippen LogP contribution in [0, 0.1) is 19.8 Å². The summed E-state index contributed by atoms with van der Waals surface area (Å²) in [7, 11) is 1.78. The van der Waals surface area contributed by atoms with Gasteiger partial charge in [-0.2, -0.15) is 0 Å². The maximum Gasteiger partial charge on any atom is 0.191 e. The zero-order valence-electron chi connectivity index (χ0n) is 15.7. The Morgan fingerprint density at radius 2 is 2.00 bits per heavy atom. The molecule has 0 saturated heterocycles. The lowest BCUT2D eigenvalue weighted by Crippen LogP contribution is -2.36. The molecule has 6 heteroatoms. The lowest BCUT2D eigenvalue weighted by molar-refractivity contribution is 0.271. The van der Waals surface area contributed by atoms with Gasteiger partial charge in [0.2, 0.25) is 0 Å². The molecule has 1 aromatic heterocycles. The van der Waals surface area contributed by atoms with Crippen LogP contribution in [0.3, 0.4) is 0 Å². The Balaban J connectivity index is 1.86. The number of rotatable bonds is 7. The standard InChI is InChI=1S/C19H28N4OS/c1-13(2)12-24-17-8-6-7-16(9-17)10-21-19(20-5)22-11-18-14(3)23-15(4)25-18/h6-9,13H,10-12H2,1-5H3,(H2,20,21,22). The first-order valence-corrected chi connectivity index (χ1v) is 9.38. The van der Waals surface area contributed by atoms with Crippen LogP contribution in [-0.4, -0.2) is 24.6 Å². The summed E-state index contributed by atoms with van der Waals surface area (Å²) in [4.78, 5) is 9.98. The van der Waals surface area contributed by atoms with E-state index in [0.717, 1.165) is 41.1 Å². The van der Waals surface area contributed by atoms with Gasteiger partial charge in [-0.15, -0.1) is 11.3 Å². The number of benzene rings is 1. The molecule has 1 heterocycles. The molecular formula is C19H28N4OS. The molecular weight excluding hydrogens is 332 g/mol. The molecule has 2 N–H and O–H groups in total. The number of guanidine groups is 1. The number of hydrogen-bond acceptors (Lipinski definition) is 4. The van der Waals surface area contributed by atoms with E-state index in [1.165, 1.54) is 4.88 Å². The van der Waals surface area contributed by atoms with Crippen LogP contribution in [0.2, 0.25) is 0 Å². The van der Waals surface area contributed by atoms with Crippen molar-refractivity contribution in [1.82, 2.24) is 15.6 Å². The van der Waals surface area contributed by atoms with Crippen LogP contribution in [0.5, 0.6) is 5.75 Å². The molecule has 2 rings (SSSR count). The van der Waals surface area contributed by atoms with Gasteiger partial charge in [-0.3, -0.25) is 4.99 Å². The molecule has 0 aliphatic rings. The van der Waals surface area contributed by atoms with Crippen LogP contribution in [0.4, 0.5) is 0 Å². The average Bonchev–Trinajstić information content (AvgIpc) is 2.91. The predicted molar refractivity (Wildman–Crippen MR) is 105 cm³/mol. The number of aliphatic imine (C=N–C) groups is 1. The maximum absolute atomic E-state index is 5.78. The fourth-order valence-corrected chi connectivity index (χ4v) is 3.19. The Labute approximate surface area is 154 Å². The highest BCUT2D eigenvalue weighted by atomic mass is 32.1. The van der Waals surface area contributed by atoms with Gasteiger partial charge in [0, 0.05) is 18.5 Å². The first-order valence-electron chi connectivity index (χ1n) is 8.57. The minimum absolute atomic E-state index is 0.517. The third-order valence-corrected chi connectivity index (χ3v) is 4.65. The number of aryl methyl sites for hydroxylation is 2. The summed E-state index contributed by atoms with van der Waals surface area (Å²) in [6, 6.07) is 8.17. The molecule has 0 aliphatic carbocycles. The number of hydrogen-bond donors (Lipinski definition) is 2. The Morgan fingerprint density at radius 3 is 2.64 bits per heavy atom. The van der Waals surface area contributed by atoms with Gasteiger partial charge in [0.05, 0.1) is 23.9 Å². The Hall–Kier alpha value is -2.08. The van der Waals surface area contributed by atoms with E-state index in [9.17, 15) is 0 Å². The minimum atomic E-state index is 0.517. The SMILES string of the molecule is CN=C(NCc1cccc(OCC(C)C)c1)NCc1sc(C)nc1C. The van der Waals surface area contributed by atoms with Crippen molar-refractivity contribution in [1.29, 1.82) is 0 Å². The highest BCUT2D eigenvalue weighted by Gasteiger charge is 2.06. The van der Waals surface area contributed by atoms with Crippen molar-refractivity contribution >= 4 is 17.3 Å². The normalized spacial score (nSPS) is 11.7. The van der Waals surface area contributed by atoms with Gasteiger partial charge in [-0.1, -0.05) is 26.0 Å². The molecule has 0 unspecified atom stereocenters. The van der Waals surface area contributed by atoms with Crippen molar-refractivity contribution < 1.29 is 4.74 Å². The number of aromatic nitrogens is 1. The van der Waals surface area contributed by atoms with Gasteiger partial charge in [-0.25, -0.2) is 4.98 Å². The summed E-state index contributed by atoms with van der Waals surface area (Å²) in [6.45, 7) is 10.5. The Bertz CT molecular complexity index is 709. The van der Waals surface area contributed by atoms with Crippen molar-refractivity contribution in [2.75, 3.05) is 13.7 Å². The van der Waals surface area contributed by atoms with E-state index in [1.54, 1.807) is 18.4 Å². The second-order valence-corrected chi connectivity index (χ2v) is 7.66. The minimum Gasteiger partial charge on any atom is -0.493 e. The molecule has 0 fully saturated rings. The molecule has 136 valence electrons. The Kier molecular flexibility index (Phi) is 7.25. The maximum atomic E-state index is 5.78. The van der Waals surface area contributed by atoms with Gasteiger partial charge >= 0.3 is 0 Å². The second-order valence-electron chi connectivity index (χ2n) is 6.37. The third-order valence-electron chi connectivity index (χ3n) is 3.58. The number of nitrogens with zero attached hydrogens (tertiary/aromatic N) is 2. The molecule has 0 atom stereocenters. The van der Waals surface area contributed by atoms with Crippen LogP contribution in [0.1, 0.15) is 35.0 Å². The molecule has 0 amide bonds. The average molecular weight is 361 g/mol. The van der Waals surface area contributed by atoms with Crippen LogP contribution in [0.25, 0.3) is 0 Å². The van der Waals surface area contributed by atoms with Gasteiger partial charge < -0.3 is 15.4 Å². The van der Waals surface area contributed by atoms with Crippen molar-refractivity contribution in [2.45, 2.75) is 40.8 Å². The monoisotopic (exact) mass is 360 g/mol. The van der Waals surface area contributed by atoms with Crippen LogP contribution >= 0.6 is 11.3 Å². The molecule has 0 aliphatic heterocycles. The quantitative estimate of drug-likeness (QED) is 0.584. The van der Waals surface area contributed by atoms with E-state index in [4.69, 9.17) is 4.74 Å². The molecule has 2 aromatic rings. The van der Waals surface area contributed by atoms with Gasteiger partial charge in [0.15, 0.2) is 5.96 Å². The summed E-state index contributed by atoms with van der Waals surface area (Å²) in [5, 5.41) is 7.78. The summed E-state index contributed by atoms with van der Waals surface area (Å²) in [6.07, 6.45) is 0. The fraction of sp³-hybridized carbons (Fsp3) is 0.474. The largest absolute Gasteiger partial charge is 0.493 e. The first kappa shape index (κ1) is 19.2. The predicted octanol–water partition coefficient (Wildman–Crippen LogP) is 3.66. The number of ether oxygens (including phenoxy) is 1. The van der Waals surface area contributed by atoms with Crippen molar-refractivity contribution in [3.63, 3.8) is 0 Å². The Morgan fingerprint density at radius 1 is 1.24 bits per heavy atom. The summed E-state index contributed by atoms with van der Waals surface area (Å²) in [5.41, 5.74) is 2.24. The zero-order valence-corrected chi connectivity index (χ0v) is 16.5. The molecule has 0 bridgehead atoms. The highest BCUT2D eigenvalue weighted by molar-refractivity contribution is 7.11. The van der Waals surface area contributed by atoms with E-state index in [0.29, 0.717) is 12.5 Å². The van der Waals surface area contributed by atoms with Crippen LogP contribution < -0.4 is 15.4 Å². The zero-order chi connectivity index (χ0) is 18.2. The van der Waals surface area contributed by atoms with Gasteiger partial charge in [0.25, 0.3) is 0 Å². The summed E-state index contributed by atoms with van der Waals surface area (Å²) < 4.78 is 5.78. The number of thiazole rings is 1. The van der Waals surface area contributed by atoms with E-state index < -0.39 is 0 Å². The van der Waals surface area contributed by atoms with Crippen LogP contribution in [0.15, 0.2) is 29.3 Å². The van der Waals surface area contributed by atoms with Gasteiger partial charge in [-0.05, 0) is 37.5 Å². The van der Waals surface area contributed by atoms with E-state index in [-0.39, 0.29) is 0 Å². The molecule has 5 nitrogen and oxygen atoms in total. The first-order chi connectivity index (χ1) is 12.0.